The number of hydrogen-bond acceptors (Lipinski definition) is 4. The number of methoxy groups -OCH3 is 2. The van der Waals surface area contributed by atoms with Gasteiger partial charge in [-0.3, -0.25) is 9.59 Å². The van der Waals surface area contributed by atoms with Crippen molar-refractivity contribution in [2.75, 3.05) is 24.9 Å². The number of anilines is 2. The molecule has 3 aromatic rings. The van der Waals surface area contributed by atoms with E-state index in [0.29, 0.717) is 39.0 Å². The summed E-state index contributed by atoms with van der Waals surface area (Å²) in [5.74, 6) is -0.00858. The van der Waals surface area contributed by atoms with Gasteiger partial charge in [-0.15, -0.1) is 0 Å². The molecule has 0 atom stereocenters. The molecule has 0 aliphatic heterocycles. The third-order valence-electron chi connectivity index (χ3n) is 4.23. The number of amides is 2. The first kappa shape index (κ1) is 21.7. The lowest BCUT2D eigenvalue weighted by Crippen LogP contribution is -2.15. The van der Waals surface area contributed by atoms with Crippen molar-refractivity contribution < 1.29 is 19.1 Å². The fraction of sp³-hybridized carbons (Fsp3) is 0.0909. The lowest BCUT2D eigenvalue weighted by Gasteiger charge is -2.16. The molecule has 0 heterocycles. The molecular formula is C22H18BrClN2O4. The van der Waals surface area contributed by atoms with Gasteiger partial charge in [0.15, 0.2) is 0 Å². The molecule has 2 amide bonds. The number of carbonyl (C=O) groups is 2. The SMILES string of the molecule is COc1cc(NC(=O)c2cc(Br)ccc2Cl)c(OC)cc1NC(=O)c1ccccc1. The van der Waals surface area contributed by atoms with Gasteiger partial charge in [0, 0.05) is 22.2 Å². The van der Waals surface area contributed by atoms with Crippen LogP contribution in [0.2, 0.25) is 5.02 Å². The number of nitrogens with one attached hydrogen (secondary N) is 2. The third kappa shape index (κ3) is 4.93. The van der Waals surface area contributed by atoms with Crippen LogP contribution < -0.4 is 20.1 Å². The van der Waals surface area contributed by atoms with Gasteiger partial charge in [0.2, 0.25) is 0 Å². The molecule has 8 heteroatoms. The van der Waals surface area contributed by atoms with Crippen LogP contribution in [0.4, 0.5) is 11.4 Å². The van der Waals surface area contributed by atoms with E-state index in [9.17, 15) is 9.59 Å². The van der Waals surface area contributed by atoms with Crippen LogP contribution in [-0.4, -0.2) is 26.0 Å². The van der Waals surface area contributed by atoms with Gasteiger partial charge in [0.1, 0.15) is 11.5 Å². The van der Waals surface area contributed by atoms with E-state index in [1.54, 1.807) is 54.6 Å². The summed E-state index contributed by atoms with van der Waals surface area (Å²) < 4.78 is 11.5. The lowest BCUT2D eigenvalue weighted by molar-refractivity contribution is 0.101. The van der Waals surface area contributed by atoms with E-state index in [1.807, 2.05) is 6.07 Å². The first-order chi connectivity index (χ1) is 14.4. The van der Waals surface area contributed by atoms with E-state index in [-0.39, 0.29) is 5.91 Å². The lowest BCUT2D eigenvalue weighted by atomic mass is 10.1. The average Bonchev–Trinajstić information content (AvgIpc) is 2.76. The van der Waals surface area contributed by atoms with Crippen LogP contribution in [0.5, 0.6) is 11.5 Å². The number of hydrogen-bond donors (Lipinski definition) is 2. The van der Waals surface area contributed by atoms with Crippen molar-refractivity contribution in [3.63, 3.8) is 0 Å². The molecule has 0 unspecified atom stereocenters. The van der Waals surface area contributed by atoms with Crippen LogP contribution in [0.1, 0.15) is 20.7 Å². The number of halogens is 2. The zero-order valence-electron chi connectivity index (χ0n) is 16.2. The van der Waals surface area contributed by atoms with Crippen molar-refractivity contribution in [2.24, 2.45) is 0 Å². The van der Waals surface area contributed by atoms with Crippen LogP contribution in [0.25, 0.3) is 0 Å². The van der Waals surface area contributed by atoms with Gasteiger partial charge in [0.05, 0.1) is 36.2 Å². The van der Waals surface area contributed by atoms with Crippen molar-refractivity contribution in [1.82, 2.24) is 0 Å². The summed E-state index contributed by atoms with van der Waals surface area (Å²) in [5.41, 5.74) is 1.57. The predicted molar refractivity (Wildman–Crippen MR) is 121 cm³/mol. The Morgan fingerprint density at radius 1 is 0.833 bits per heavy atom. The highest BCUT2D eigenvalue weighted by Gasteiger charge is 2.18. The number of ether oxygens (including phenoxy) is 2. The minimum atomic E-state index is -0.414. The Bertz CT molecular complexity index is 1090. The molecular weight excluding hydrogens is 472 g/mol. The zero-order chi connectivity index (χ0) is 21.7. The first-order valence-electron chi connectivity index (χ1n) is 8.81. The summed E-state index contributed by atoms with van der Waals surface area (Å²) in [5, 5.41) is 5.88. The Morgan fingerprint density at radius 3 is 1.97 bits per heavy atom. The van der Waals surface area contributed by atoms with Gasteiger partial charge >= 0.3 is 0 Å². The normalized spacial score (nSPS) is 10.3. The Morgan fingerprint density at radius 2 is 1.40 bits per heavy atom. The minimum absolute atomic E-state index is 0.298. The summed E-state index contributed by atoms with van der Waals surface area (Å²) in [6.07, 6.45) is 0. The Kier molecular flexibility index (Phi) is 6.97. The second-order valence-electron chi connectivity index (χ2n) is 6.15. The second-order valence-corrected chi connectivity index (χ2v) is 7.47. The van der Waals surface area contributed by atoms with Crippen molar-refractivity contribution in [3.05, 3.63) is 81.3 Å². The summed E-state index contributed by atoms with van der Waals surface area (Å²) in [6, 6.07) is 16.9. The van der Waals surface area contributed by atoms with Crippen LogP contribution in [0, 0.1) is 0 Å². The molecule has 0 saturated heterocycles. The van der Waals surface area contributed by atoms with E-state index < -0.39 is 5.91 Å². The molecule has 30 heavy (non-hydrogen) atoms. The van der Waals surface area contributed by atoms with Gasteiger partial charge in [-0.25, -0.2) is 0 Å². The third-order valence-corrected chi connectivity index (χ3v) is 5.05. The van der Waals surface area contributed by atoms with Crippen LogP contribution in [0.15, 0.2) is 65.1 Å². The van der Waals surface area contributed by atoms with Gasteiger partial charge in [-0.1, -0.05) is 45.7 Å². The highest BCUT2D eigenvalue weighted by Crippen LogP contribution is 2.37. The molecule has 0 aliphatic rings. The number of benzene rings is 3. The first-order valence-corrected chi connectivity index (χ1v) is 9.99. The van der Waals surface area contributed by atoms with Crippen molar-refractivity contribution >= 4 is 50.7 Å². The molecule has 0 radical (unpaired) electrons. The molecule has 154 valence electrons. The largest absolute Gasteiger partial charge is 0.494 e. The molecule has 0 fully saturated rings. The topological polar surface area (TPSA) is 76.7 Å². The Hall–Kier alpha value is -3.03. The molecule has 0 aromatic heterocycles. The predicted octanol–water partition coefficient (Wildman–Crippen LogP) is 5.62. The van der Waals surface area contributed by atoms with E-state index in [2.05, 4.69) is 26.6 Å². The smallest absolute Gasteiger partial charge is 0.257 e. The van der Waals surface area contributed by atoms with E-state index in [0.717, 1.165) is 4.47 Å². The van der Waals surface area contributed by atoms with E-state index >= 15 is 0 Å². The fourth-order valence-electron chi connectivity index (χ4n) is 2.74. The van der Waals surface area contributed by atoms with Gasteiger partial charge in [-0.2, -0.15) is 0 Å². The maximum Gasteiger partial charge on any atom is 0.257 e. The highest BCUT2D eigenvalue weighted by molar-refractivity contribution is 9.10. The zero-order valence-corrected chi connectivity index (χ0v) is 18.5. The quantitative estimate of drug-likeness (QED) is 0.471. The maximum absolute atomic E-state index is 12.7. The van der Waals surface area contributed by atoms with Crippen molar-refractivity contribution in [1.29, 1.82) is 0 Å². The van der Waals surface area contributed by atoms with Gasteiger partial charge in [0.25, 0.3) is 11.8 Å². The number of rotatable bonds is 6. The van der Waals surface area contributed by atoms with Crippen molar-refractivity contribution in [2.45, 2.75) is 0 Å². The minimum Gasteiger partial charge on any atom is -0.494 e. The highest BCUT2D eigenvalue weighted by atomic mass is 79.9. The Balaban J connectivity index is 1.90. The summed E-state index contributed by atoms with van der Waals surface area (Å²) in [7, 11) is 2.93. The Labute approximate surface area is 187 Å². The molecule has 0 bridgehead atoms. The monoisotopic (exact) mass is 488 g/mol. The van der Waals surface area contributed by atoms with Crippen LogP contribution >= 0.6 is 27.5 Å². The van der Waals surface area contributed by atoms with Gasteiger partial charge in [-0.05, 0) is 30.3 Å². The van der Waals surface area contributed by atoms with Crippen LogP contribution in [0.3, 0.4) is 0 Å². The summed E-state index contributed by atoms with van der Waals surface area (Å²) in [4.78, 5) is 25.2. The molecule has 2 N–H and O–H groups in total. The van der Waals surface area contributed by atoms with E-state index in [4.69, 9.17) is 21.1 Å². The van der Waals surface area contributed by atoms with E-state index in [1.165, 1.54) is 14.2 Å². The molecule has 0 spiro atoms. The standard InChI is InChI=1S/C22H18BrClN2O4/c1-29-19-12-18(26-22(28)15-10-14(23)8-9-16(15)24)20(30-2)11-17(19)25-21(27)13-6-4-3-5-7-13/h3-12H,1-2H3,(H,25,27)(H,26,28). The molecule has 3 rings (SSSR count). The molecule has 3 aromatic carbocycles. The average molecular weight is 490 g/mol. The second kappa shape index (κ2) is 9.65. The molecule has 6 nitrogen and oxygen atoms in total. The summed E-state index contributed by atoms with van der Waals surface area (Å²) in [6.45, 7) is 0. The summed E-state index contributed by atoms with van der Waals surface area (Å²) >= 11 is 9.47. The maximum atomic E-state index is 12.7. The molecule has 0 aliphatic carbocycles. The van der Waals surface area contributed by atoms with Crippen molar-refractivity contribution in [3.8, 4) is 11.5 Å². The fourth-order valence-corrected chi connectivity index (χ4v) is 3.30. The van der Waals surface area contributed by atoms with Crippen LogP contribution in [-0.2, 0) is 0 Å². The number of carbonyl (C=O) groups excluding carboxylic acids is 2. The molecule has 0 saturated carbocycles. The van der Waals surface area contributed by atoms with Gasteiger partial charge < -0.3 is 20.1 Å².